The Kier molecular flexibility index (Phi) is 5.00. The number of methoxy groups -OCH3 is 1. The van der Waals surface area contributed by atoms with Gasteiger partial charge >= 0.3 is 0 Å². The van der Waals surface area contributed by atoms with Crippen molar-refractivity contribution in [1.29, 1.82) is 5.26 Å². The molecule has 0 saturated heterocycles. The van der Waals surface area contributed by atoms with E-state index >= 15 is 0 Å². The molecule has 0 radical (unpaired) electrons. The molecule has 0 unspecified atom stereocenters. The minimum absolute atomic E-state index is 0.566. The smallest absolute Gasteiger partial charge is 0.145 e. The molecule has 0 amide bonds. The summed E-state index contributed by atoms with van der Waals surface area (Å²) in [5.41, 5.74) is 6.35. The maximum absolute atomic E-state index is 8.37. The normalized spacial score (nSPS) is 9.50. The van der Waals surface area contributed by atoms with Crippen LogP contribution in [0.15, 0.2) is 18.2 Å². The first-order valence-electron chi connectivity index (χ1n) is 5.21. The quantitative estimate of drug-likeness (QED) is 0.590. The van der Waals surface area contributed by atoms with Gasteiger partial charge in [0.05, 0.1) is 25.5 Å². The highest BCUT2D eigenvalue weighted by Gasteiger charge is 2.02. The summed E-state index contributed by atoms with van der Waals surface area (Å²) in [5, 5.41) is 8.37. The van der Waals surface area contributed by atoms with E-state index in [1.54, 1.807) is 25.3 Å². The lowest BCUT2D eigenvalue weighted by Gasteiger charge is -2.09. The fourth-order valence-electron chi connectivity index (χ4n) is 1.25. The van der Waals surface area contributed by atoms with Gasteiger partial charge in [0.15, 0.2) is 0 Å². The van der Waals surface area contributed by atoms with Crippen LogP contribution < -0.4 is 15.2 Å². The van der Waals surface area contributed by atoms with Gasteiger partial charge in [-0.3, -0.25) is 0 Å². The molecule has 4 nitrogen and oxygen atoms in total. The molecule has 86 valence electrons. The van der Waals surface area contributed by atoms with Gasteiger partial charge in [0.1, 0.15) is 11.5 Å². The summed E-state index contributed by atoms with van der Waals surface area (Å²) in [6.07, 6.45) is 2.27. The number of benzene rings is 1. The van der Waals surface area contributed by atoms with Crippen LogP contribution in [0.25, 0.3) is 0 Å². The number of hydrogen-bond acceptors (Lipinski definition) is 4. The highest BCUT2D eigenvalue weighted by atomic mass is 16.5. The zero-order valence-corrected chi connectivity index (χ0v) is 9.40. The second-order valence-electron chi connectivity index (χ2n) is 3.37. The summed E-state index contributed by atoms with van der Waals surface area (Å²) in [5.74, 6) is 1.36. The minimum Gasteiger partial charge on any atom is -0.497 e. The van der Waals surface area contributed by atoms with Crippen molar-refractivity contribution in [3.8, 4) is 17.6 Å². The van der Waals surface area contributed by atoms with Crippen LogP contribution in [0.5, 0.6) is 11.5 Å². The highest BCUT2D eigenvalue weighted by molar-refractivity contribution is 5.55. The third kappa shape index (κ3) is 3.70. The lowest BCUT2D eigenvalue weighted by atomic mass is 10.2. The van der Waals surface area contributed by atoms with Crippen LogP contribution >= 0.6 is 0 Å². The number of nitrogen functional groups attached to an aromatic ring is 1. The van der Waals surface area contributed by atoms with Crippen molar-refractivity contribution in [1.82, 2.24) is 0 Å². The number of ether oxygens (including phenoxy) is 2. The van der Waals surface area contributed by atoms with Gasteiger partial charge in [0.25, 0.3) is 0 Å². The number of nitrogens with zero attached hydrogens (tertiary/aromatic N) is 1. The standard InChI is InChI=1S/C12H16N2O2/c1-15-10-5-6-11(14)12(9-10)16-8-4-2-3-7-13/h5-6,9H,2-4,8,14H2,1H3. The van der Waals surface area contributed by atoms with E-state index in [4.69, 9.17) is 20.5 Å². The molecule has 0 spiro atoms. The Hall–Kier alpha value is -1.89. The molecule has 0 aliphatic heterocycles. The lowest BCUT2D eigenvalue weighted by Crippen LogP contribution is -2.00. The topological polar surface area (TPSA) is 68.3 Å². The van der Waals surface area contributed by atoms with Crippen LogP contribution in [-0.2, 0) is 0 Å². The second-order valence-corrected chi connectivity index (χ2v) is 3.37. The van der Waals surface area contributed by atoms with Gasteiger partial charge in [-0.2, -0.15) is 5.26 Å². The zero-order chi connectivity index (χ0) is 11.8. The van der Waals surface area contributed by atoms with E-state index in [9.17, 15) is 0 Å². The van der Waals surface area contributed by atoms with Gasteiger partial charge in [0.2, 0.25) is 0 Å². The SMILES string of the molecule is COc1ccc(N)c(OCCCCC#N)c1. The molecule has 0 aliphatic rings. The minimum atomic E-state index is 0.566. The number of rotatable bonds is 6. The van der Waals surface area contributed by atoms with Crippen molar-refractivity contribution in [3.63, 3.8) is 0 Å². The first kappa shape index (κ1) is 12.2. The van der Waals surface area contributed by atoms with Crippen LogP contribution in [0.1, 0.15) is 19.3 Å². The zero-order valence-electron chi connectivity index (χ0n) is 9.40. The Labute approximate surface area is 95.6 Å². The van der Waals surface area contributed by atoms with Crippen molar-refractivity contribution in [2.45, 2.75) is 19.3 Å². The number of nitrogens with two attached hydrogens (primary N) is 1. The average Bonchev–Trinajstić information content (AvgIpc) is 2.31. The Balaban J connectivity index is 2.43. The van der Waals surface area contributed by atoms with Crippen LogP contribution in [0, 0.1) is 11.3 Å². The molecule has 1 aromatic carbocycles. The summed E-state index contributed by atoms with van der Waals surface area (Å²) in [7, 11) is 1.60. The van der Waals surface area contributed by atoms with E-state index in [1.807, 2.05) is 0 Å². The van der Waals surface area contributed by atoms with Gasteiger partial charge in [-0.15, -0.1) is 0 Å². The fraction of sp³-hybridized carbons (Fsp3) is 0.417. The van der Waals surface area contributed by atoms with Crippen molar-refractivity contribution >= 4 is 5.69 Å². The molecule has 1 aromatic rings. The molecular formula is C12H16N2O2. The van der Waals surface area contributed by atoms with Crippen LogP contribution in [-0.4, -0.2) is 13.7 Å². The molecule has 0 aromatic heterocycles. The molecule has 16 heavy (non-hydrogen) atoms. The van der Waals surface area contributed by atoms with Crippen LogP contribution in [0.4, 0.5) is 5.69 Å². The van der Waals surface area contributed by atoms with Gasteiger partial charge < -0.3 is 15.2 Å². The molecule has 0 fully saturated rings. The maximum Gasteiger partial charge on any atom is 0.145 e. The number of hydrogen-bond donors (Lipinski definition) is 1. The van der Waals surface area contributed by atoms with E-state index in [-0.39, 0.29) is 0 Å². The predicted octanol–water partition coefficient (Wildman–Crippen LogP) is 2.35. The van der Waals surface area contributed by atoms with Gasteiger partial charge in [0, 0.05) is 12.5 Å². The van der Waals surface area contributed by atoms with E-state index in [2.05, 4.69) is 6.07 Å². The molecule has 0 aliphatic carbocycles. The molecule has 0 bridgehead atoms. The Morgan fingerprint density at radius 2 is 2.19 bits per heavy atom. The van der Waals surface area contributed by atoms with Crippen molar-refractivity contribution in [3.05, 3.63) is 18.2 Å². The number of nitriles is 1. The third-order valence-corrected chi connectivity index (χ3v) is 2.16. The van der Waals surface area contributed by atoms with Gasteiger partial charge in [-0.05, 0) is 25.0 Å². The van der Waals surface area contributed by atoms with Crippen LogP contribution in [0.2, 0.25) is 0 Å². The highest BCUT2D eigenvalue weighted by Crippen LogP contribution is 2.26. The summed E-state index contributed by atoms with van der Waals surface area (Å²) in [6, 6.07) is 7.40. The monoisotopic (exact) mass is 220 g/mol. The van der Waals surface area contributed by atoms with Crippen molar-refractivity contribution < 1.29 is 9.47 Å². The molecule has 1 rings (SSSR count). The number of anilines is 1. The van der Waals surface area contributed by atoms with E-state index < -0.39 is 0 Å². The molecule has 0 atom stereocenters. The Morgan fingerprint density at radius 3 is 2.88 bits per heavy atom. The maximum atomic E-state index is 8.37. The average molecular weight is 220 g/mol. The molecule has 0 saturated carbocycles. The summed E-state index contributed by atoms with van der Waals surface area (Å²) in [6.45, 7) is 0.568. The predicted molar refractivity (Wildman–Crippen MR) is 62.4 cm³/mol. The third-order valence-electron chi connectivity index (χ3n) is 2.16. The van der Waals surface area contributed by atoms with E-state index in [0.29, 0.717) is 24.5 Å². The molecule has 2 N–H and O–H groups in total. The van der Waals surface area contributed by atoms with Crippen molar-refractivity contribution in [2.24, 2.45) is 0 Å². The second kappa shape index (κ2) is 6.57. The first-order chi connectivity index (χ1) is 7.77. The molecular weight excluding hydrogens is 204 g/mol. The van der Waals surface area contributed by atoms with Crippen LogP contribution in [0.3, 0.4) is 0 Å². The molecule has 0 heterocycles. The van der Waals surface area contributed by atoms with Gasteiger partial charge in [-0.1, -0.05) is 0 Å². The summed E-state index contributed by atoms with van der Waals surface area (Å²) in [4.78, 5) is 0. The summed E-state index contributed by atoms with van der Waals surface area (Å²) >= 11 is 0. The van der Waals surface area contributed by atoms with E-state index in [1.165, 1.54) is 0 Å². The lowest BCUT2D eigenvalue weighted by molar-refractivity contribution is 0.307. The Bertz CT molecular complexity index is 372. The summed E-state index contributed by atoms with van der Waals surface area (Å²) < 4.78 is 10.6. The largest absolute Gasteiger partial charge is 0.497 e. The fourth-order valence-corrected chi connectivity index (χ4v) is 1.25. The first-order valence-corrected chi connectivity index (χ1v) is 5.21. The molecule has 4 heteroatoms. The van der Waals surface area contributed by atoms with Crippen molar-refractivity contribution in [2.75, 3.05) is 19.5 Å². The van der Waals surface area contributed by atoms with E-state index in [0.717, 1.165) is 18.6 Å². The Morgan fingerprint density at radius 1 is 1.38 bits per heavy atom. The number of unbranched alkanes of at least 4 members (excludes halogenated alkanes) is 2. The van der Waals surface area contributed by atoms with Gasteiger partial charge in [-0.25, -0.2) is 0 Å².